The maximum atomic E-state index is 6.05. The van der Waals surface area contributed by atoms with Crippen LogP contribution in [0, 0.1) is 0 Å². The van der Waals surface area contributed by atoms with Gasteiger partial charge in [-0.2, -0.15) is 0 Å². The molecule has 0 amide bonds. The predicted molar refractivity (Wildman–Crippen MR) is 87.5 cm³/mol. The van der Waals surface area contributed by atoms with Crippen molar-refractivity contribution in [3.8, 4) is 5.75 Å². The van der Waals surface area contributed by atoms with Crippen LogP contribution in [0.5, 0.6) is 5.75 Å². The predicted octanol–water partition coefficient (Wildman–Crippen LogP) is 4.68. The van der Waals surface area contributed by atoms with E-state index in [0.717, 1.165) is 17.0 Å². The number of fused-ring (bicyclic) bond motifs is 3. The summed E-state index contributed by atoms with van der Waals surface area (Å²) < 4.78 is 6.05. The third-order valence-corrected chi connectivity index (χ3v) is 3.71. The van der Waals surface area contributed by atoms with Crippen LogP contribution in [0.3, 0.4) is 0 Å². The lowest BCUT2D eigenvalue weighted by Gasteiger charge is -2.24. The zero-order valence-electron chi connectivity index (χ0n) is 11.5. The molecule has 102 valence electrons. The van der Waals surface area contributed by atoms with E-state index < -0.39 is 0 Å². The molecule has 1 N–H and O–H groups in total. The van der Waals surface area contributed by atoms with E-state index in [1.807, 2.05) is 36.4 Å². The van der Waals surface area contributed by atoms with Crippen molar-refractivity contribution < 1.29 is 4.74 Å². The molecule has 0 radical (unpaired) electrons. The van der Waals surface area contributed by atoms with E-state index in [1.165, 1.54) is 10.8 Å². The van der Waals surface area contributed by atoms with E-state index in [-0.39, 0.29) is 6.23 Å². The number of hydrogen-bond acceptors (Lipinski definition) is 2. The molecule has 0 saturated heterocycles. The summed E-state index contributed by atoms with van der Waals surface area (Å²) in [4.78, 5) is 0. The summed E-state index contributed by atoms with van der Waals surface area (Å²) in [5.41, 5.74) is 2.20. The summed E-state index contributed by atoms with van der Waals surface area (Å²) in [5, 5.41) is 5.82. The fourth-order valence-electron chi connectivity index (χ4n) is 2.69. The van der Waals surface area contributed by atoms with Crippen LogP contribution < -0.4 is 10.1 Å². The summed E-state index contributed by atoms with van der Waals surface area (Å²) in [6.45, 7) is 0. The standard InChI is InChI=1S/C19H15NO/c1-2-7-15(8-3-1)20-19-13-11-17-16-9-5-4-6-14(16)10-12-18(17)21-19/h1-13,19-20H. The first-order chi connectivity index (χ1) is 10.4. The largest absolute Gasteiger partial charge is 0.466 e. The van der Waals surface area contributed by atoms with Gasteiger partial charge in [-0.1, -0.05) is 48.5 Å². The van der Waals surface area contributed by atoms with Gasteiger partial charge in [-0.25, -0.2) is 0 Å². The highest BCUT2D eigenvalue weighted by Crippen LogP contribution is 2.33. The van der Waals surface area contributed by atoms with Crippen LogP contribution in [0.25, 0.3) is 16.8 Å². The van der Waals surface area contributed by atoms with Gasteiger partial charge in [-0.15, -0.1) is 0 Å². The van der Waals surface area contributed by atoms with Crippen LogP contribution in [0.1, 0.15) is 5.56 Å². The number of rotatable bonds is 2. The molecule has 0 spiro atoms. The molecule has 2 heteroatoms. The van der Waals surface area contributed by atoms with Gasteiger partial charge in [0.05, 0.1) is 0 Å². The molecule has 0 bridgehead atoms. The fourth-order valence-corrected chi connectivity index (χ4v) is 2.69. The Labute approximate surface area is 123 Å². The SMILES string of the molecule is C1=CC(Nc2ccccc2)Oc2ccc3ccccc3c21. The quantitative estimate of drug-likeness (QED) is 0.731. The highest BCUT2D eigenvalue weighted by molar-refractivity contribution is 5.93. The molecule has 1 aliphatic rings. The van der Waals surface area contributed by atoms with Gasteiger partial charge in [-0.05, 0) is 41.1 Å². The average Bonchev–Trinajstić information content (AvgIpc) is 2.55. The Kier molecular flexibility index (Phi) is 2.86. The first-order valence-corrected chi connectivity index (χ1v) is 7.08. The van der Waals surface area contributed by atoms with Crippen molar-refractivity contribution >= 4 is 22.5 Å². The molecule has 0 fully saturated rings. The van der Waals surface area contributed by atoms with Crippen molar-refractivity contribution in [3.63, 3.8) is 0 Å². The van der Waals surface area contributed by atoms with Crippen molar-refractivity contribution in [2.24, 2.45) is 0 Å². The second-order valence-electron chi connectivity index (χ2n) is 5.11. The minimum absolute atomic E-state index is 0.138. The second-order valence-corrected chi connectivity index (χ2v) is 5.11. The topological polar surface area (TPSA) is 21.3 Å². The molecule has 1 atom stereocenters. The molecule has 1 aliphatic heterocycles. The summed E-state index contributed by atoms with van der Waals surface area (Å²) >= 11 is 0. The highest BCUT2D eigenvalue weighted by atomic mass is 16.5. The summed E-state index contributed by atoms with van der Waals surface area (Å²) in [6.07, 6.45) is 4.06. The van der Waals surface area contributed by atoms with E-state index in [9.17, 15) is 0 Å². The smallest absolute Gasteiger partial charge is 0.189 e. The molecule has 2 nitrogen and oxygen atoms in total. The number of nitrogens with one attached hydrogen (secondary N) is 1. The van der Waals surface area contributed by atoms with Crippen molar-refractivity contribution in [3.05, 3.63) is 78.4 Å². The Bertz CT molecular complexity index is 808. The van der Waals surface area contributed by atoms with Gasteiger partial charge in [-0.3, -0.25) is 0 Å². The van der Waals surface area contributed by atoms with E-state index in [2.05, 4.69) is 47.8 Å². The lowest BCUT2D eigenvalue weighted by Crippen LogP contribution is -2.26. The van der Waals surface area contributed by atoms with Gasteiger partial charge < -0.3 is 10.1 Å². The van der Waals surface area contributed by atoms with E-state index in [4.69, 9.17) is 4.74 Å². The van der Waals surface area contributed by atoms with Crippen molar-refractivity contribution in [1.82, 2.24) is 0 Å². The van der Waals surface area contributed by atoms with Crippen LogP contribution in [0.15, 0.2) is 72.8 Å². The van der Waals surface area contributed by atoms with Gasteiger partial charge in [0.1, 0.15) is 5.75 Å². The lowest BCUT2D eigenvalue weighted by atomic mass is 10.0. The Morgan fingerprint density at radius 2 is 1.62 bits per heavy atom. The van der Waals surface area contributed by atoms with Gasteiger partial charge in [0, 0.05) is 11.3 Å². The number of ether oxygens (including phenoxy) is 1. The van der Waals surface area contributed by atoms with Crippen molar-refractivity contribution in [2.45, 2.75) is 6.23 Å². The summed E-state index contributed by atoms with van der Waals surface area (Å²) in [6, 6.07) is 22.6. The van der Waals surface area contributed by atoms with Crippen LogP contribution in [0.2, 0.25) is 0 Å². The molecule has 3 aromatic rings. The molecule has 4 rings (SSSR count). The number of anilines is 1. The van der Waals surface area contributed by atoms with E-state index >= 15 is 0 Å². The number of benzene rings is 3. The van der Waals surface area contributed by atoms with Crippen LogP contribution in [-0.4, -0.2) is 6.23 Å². The first-order valence-electron chi connectivity index (χ1n) is 7.08. The van der Waals surface area contributed by atoms with Gasteiger partial charge >= 0.3 is 0 Å². The summed E-state index contributed by atoms with van der Waals surface area (Å²) in [7, 11) is 0. The molecule has 1 unspecified atom stereocenters. The lowest BCUT2D eigenvalue weighted by molar-refractivity contribution is 0.274. The Balaban J connectivity index is 1.66. The van der Waals surface area contributed by atoms with Crippen LogP contribution in [0.4, 0.5) is 5.69 Å². The van der Waals surface area contributed by atoms with Crippen LogP contribution >= 0.6 is 0 Å². The molecule has 21 heavy (non-hydrogen) atoms. The molecule has 0 saturated carbocycles. The molecular weight excluding hydrogens is 258 g/mol. The van der Waals surface area contributed by atoms with E-state index in [1.54, 1.807) is 0 Å². The zero-order valence-corrected chi connectivity index (χ0v) is 11.5. The third kappa shape index (κ3) is 2.25. The van der Waals surface area contributed by atoms with Gasteiger partial charge in [0.2, 0.25) is 0 Å². The molecular formula is C19H15NO. The molecule has 1 heterocycles. The average molecular weight is 273 g/mol. The van der Waals surface area contributed by atoms with Crippen LogP contribution in [-0.2, 0) is 0 Å². The highest BCUT2D eigenvalue weighted by Gasteiger charge is 2.16. The minimum atomic E-state index is -0.138. The summed E-state index contributed by atoms with van der Waals surface area (Å²) in [5.74, 6) is 0.921. The van der Waals surface area contributed by atoms with Crippen molar-refractivity contribution in [2.75, 3.05) is 5.32 Å². The zero-order chi connectivity index (χ0) is 14.1. The van der Waals surface area contributed by atoms with E-state index in [0.29, 0.717) is 0 Å². The molecule has 3 aromatic carbocycles. The molecule has 0 aliphatic carbocycles. The second kappa shape index (κ2) is 4.98. The number of hydrogen-bond donors (Lipinski definition) is 1. The third-order valence-electron chi connectivity index (χ3n) is 3.71. The Morgan fingerprint density at radius 1 is 0.810 bits per heavy atom. The first kappa shape index (κ1) is 12.0. The maximum absolute atomic E-state index is 6.05. The monoisotopic (exact) mass is 273 g/mol. The molecule has 0 aromatic heterocycles. The Hall–Kier alpha value is -2.74. The minimum Gasteiger partial charge on any atom is -0.466 e. The Morgan fingerprint density at radius 3 is 2.52 bits per heavy atom. The van der Waals surface area contributed by atoms with Gasteiger partial charge in [0.15, 0.2) is 6.23 Å². The normalized spacial score (nSPS) is 16.3. The number of para-hydroxylation sites is 1. The fraction of sp³-hybridized carbons (Fsp3) is 0.0526. The van der Waals surface area contributed by atoms with Gasteiger partial charge in [0.25, 0.3) is 0 Å². The van der Waals surface area contributed by atoms with Crippen molar-refractivity contribution in [1.29, 1.82) is 0 Å². The maximum Gasteiger partial charge on any atom is 0.189 e.